The van der Waals surface area contributed by atoms with Crippen molar-refractivity contribution in [1.82, 2.24) is 0 Å². The summed E-state index contributed by atoms with van der Waals surface area (Å²) < 4.78 is 0. The average Bonchev–Trinajstić information content (AvgIpc) is 3.25. The van der Waals surface area contributed by atoms with Crippen molar-refractivity contribution in [2.45, 2.75) is 125 Å². The van der Waals surface area contributed by atoms with Crippen molar-refractivity contribution in [2.75, 3.05) is 0 Å². The van der Waals surface area contributed by atoms with Gasteiger partial charge in [-0.1, -0.05) is 61.3 Å². The summed E-state index contributed by atoms with van der Waals surface area (Å²) in [6.07, 6.45) is 15.6. The minimum Gasteiger partial charge on any atom is -0.393 e. The molecule has 0 radical (unpaired) electrons. The lowest BCUT2D eigenvalue weighted by Crippen LogP contribution is -2.54. The van der Waals surface area contributed by atoms with Crippen LogP contribution in [0, 0.1) is 63.1 Å². The van der Waals surface area contributed by atoms with E-state index in [1.54, 1.807) is 0 Å². The fourth-order valence-electron chi connectivity index (χ4n) is 10.9. The van der Waals surface area contributed by atoms with Crippen molar-refractivity contribution in [3.8, 4) is 0 Å². The van der Waals surface area contributed by atoms with Crippen LogP contribution in [0.4, 0.5) is 0 Å². The minimum absolute atomic E-state index is 0.0730. The summed E-state index contributed by atoms with van der Waals surface area (Å²) in [4.78, 5) is 0. The molecule has 31 heavy (non-hydrogen) atoms. The van der Waals surface area contributed by atoms with E-state index >= 15 is 0 Å². The van der Waals surface area contributed by atoms with Gasteiger partial charge in [0.1, 0.15) is 0 Å². The summed E-state index contributed by atoms with van der Waals surface area (Å²) in [5.74, 6) is 6.33. The van der Waals surface area contributed by atoms with E-state index in [1.807, 2.05) is 0 Å². The Bertz CT molecular complexity index is 695. The summed E-state index contributed by atoms with van der Waals surface area (Å²) in [6.45, 7) is 17.4. The van der Waals surface area contributed by atoms with Gasteiger partial charge < -0.3 is 5.11 Å². The van der Waals surface area contributed by atoms with Gasteiger partial charge in [0, 0.05) is 0 Å². The second-order valence-electron chi connectivity index (χ2n) is 14.7. The lowest BCUT2D eigenvalue weighted by molar-refractivity contribution is -0.133. The standard InChI is InChI=1S/C30H52O/c1-19(2)20(3)8-9-21(4)22-10-11-23-24-12-13-25-27(5,6)26(31)14-15-30(25)18-29(24,30)17-16-28(22,23)7/h19-26,31H,8-18H2,1-7H3/t20?,21?,22-,23?,24?,25?,26+,28-,29+,30-/m1/s1. The summed E-state index contributed by atoms with van der Waals surface area (Å²) in [6, 6.07) is 0. The molecule has 5 unspecified atom stereocenters. The molecule has 0 aromatic carbocycles. The predicted octanol–water partition coefficient (Wildman–Crippen LogP) is 8.10. The van der Waals surface area contributed by atoms with E-state index in [9.17, 15) is 5.11 Å². The highest BCUT2D eigenvalue weighted by atomic mass is 16.3. The van der Waals surface area contributed by atoms with Crippen molar-refractivity contribution < 1.29 is 5.11 Å². The fourth-order valence-corrected chi connectivity index (χ4v) is 10.9. The molecular formula is C30H52O. The van der Waals surface area contributed by atoms with Crippen molar-refractivity contribution in [3.63, 3.8) is 0 Å². The van der Waals surface area contributed by atoms with Crippen molar-refractivity contribution in [1.29, 1.82) is 0 Å². The van der Waals surface area contributed by atoms with E-state index < -0.39 is 0 Å². The molecule has 1 N–H and O–H groups in total. The lowest BCUT2D eigenvalue weighted by atomic mass is 9.46. The zero-order chi connectivity index (χ0) is 22.4. The van der Waals surface area contributed by atoms with Gasteiger partial charge in [-0.15, -0.1) is 0 Å². The minimum atomic E-state index is -0.0730. The largest absolute Gasteiger partial charge is 0.393 e. The van der Waals surface area contributed by atoms with Gasteiger partial charge in [-0.25, -0.2) is 0 Å². The van der Waals surface area contributed by atoms with Crippen LogP contribution in [0.25, 0.3) is 0 Å². The van der Waals surface area contributed by atoms with Crippen LogP contribution in [0.1, 0.15) is 119 Å². The number of hydrogen-bond donors (Lipinski definition) is 1. The topological polar surface area (TPSA) is 20.2 Å². The number of hydrogen-bond acceptors (Lipinski definition) is 1. The third-order valence-corrected chi connectivity index (χ3v) is 13.2. The Morgan fingerprint density at radius 2 is 1.48 bits per heavy atom. The van der Waals surface area contributed by atoms with Crippen LogP contribution >= 0.6 is 0 Å². The molecule has 0 aromatic heterocycles. The Labute approximate surface area is 193 Å². The molecule has 5 aliphatic rings. The number of aliphatic hydroxyl groups excluding tert-OH is 1. The smallest absolute Gasteiger partial charge is 0.0594 e. The van der Waals surface area contributed by atoms with Crippen LogP contribution in [0.5, 0.6) is 0 Å². The first-order valence-electron chi connectivity index (χ1n) is 14.2. The van der Waals surface area contributed by atoms with Crippen LogP contribution in [-0.2, 0) is 0 Å². The highest BCUT2D eigenvalue weighted by Crippen LogP contribution is 2.87. The van der Waals surface area contributed by atoms with E-state index in [1.165, 1.54) is 64.2 Å². The molecule has 0 aromatic rings. The number of fused-ring (bicyclic) bond motifs is 2. The van der Waals surface area contributed by atoms with Gasteiger partial charge in [0.05, 0.1) is 6.10 Å². The van der Waals surface area contributed by atoms with Crippen molar-refractivity contribution in [2.24, 2.45) is 63.1 Å². The molecule has 1 heteroatoms. The highest BCUT2D eigenvalue weighted by Gasteiger charge is 2.80. The monoisotopic (exact) mass is 428 g/mol. The summed E-state index contributed by atoms with van der Waals surface area (Å²) in [7, 11) is 0. The zero-order valence-corrected chi connectivity index (χ0v) is 21.8. The third-order valence-electron chi connectivity index (χ3n) is 13.2. The molecule has 0 bridgehead atoms. The van der Waals surface area contributed by atoms with Gasteiger partial charge in [0.15, 0.2) is 0 Å². The number of aliphatic hydroxyl groups is 1. The predicted molar refractivity (Wildman–Crippen MR) is 131 cm³/mol. The van der Waals surface area contributed by atoms with Crippen molar-refractivity contribution in [3.05, 3.63) is 0 Å². The van der Waals surface area contributed by atoms with Crippen LogP contribution < -0.4 is 0 Å². The lowest BCUT2D eigenvalue weighted by Gasteiger charge is -2.59. The SMILES string of the molecule is CC(C)C(C)CCC(C)[C@H]1CCC2C3CCC4C(C)(C)[C@@H](O)CC[C@@]45C[C@@]35CC[C@@]21C. The van der Waals surface area contributed by atoms with Crippen molar-refractivity contribution >= 4 is 0 Å². The molecule has 10 atom stereocenters. The van der Waals surface area contributed by atoms with Crippen LogP contribution in [0.2, 0.25) is 0 Å². The van der Waals surface area contributed by atoms with E-state index in [-0.39, 0.29) is 11.5 Å². The average molecular weight is 429 g/mol. The summed E-state index contributed by atoms with van der Waals surface area (Å²) >= 11 is 0. The second-order valence-corrected chi connectivity index (χ2v) is 14.7. The van der Waals surface area contributed by atoms with Gasteiger partial charge in [0.2, 0.25) is 0 Å². The normalized spacial score (nSPS) is 52.0. The molecule has 5 saturated carbocycles. The Morgan fingerprint density at radius 3 is 2.19 bits per heavy atom. The first-order valence-corrected chi connectivity index (χ1v) is 14.2. The molecule has 5 rings (SSSR count). The Kier molecular flexibility index (Phi) is 5.30. The zero-order valence-electron chi connectivity index (χ0n) is 21.8. The third kappa shape index (κ3) is 2.96. The summed E-state index contributed by atoms with van der Waals surface area (Å²) in [5, 5.41) is 10.8. The Balaban J connectivity index is 1.33. The van der Waals surface area contributed by atoms with Gasteiger partial charge in [-0.3, -0.25) is 0 Å². The maximum atomic E-state index is 10.8. The number of rotatable bonds is 5. The van der Waals surface area contributed by atoms with Crippen LogP contribution in [0.3, 0.4) is 0 Å². The van der Waals surface area contributed by atoms with Gasteiger partial charge >= 0.3 is 0 Å². The molecule has 5 aliphatic carbocycles. The Hall–Kier alpha value is -0.0400. The van der Waals surface area contributed by atoms with E-state index in [4.69, 9.17) is 0 Å². The van der Waals surface area contributed by atoms with Gasteiger partial charge in [0.25, 0.3) is 0 Å². The molecule has 5 fully saturated rings. The molecule has 178 valence electrons. The quantitative estimate of drug-likeness (QED) is 0.469. The maximum Gasteiger partial charge on any atom is 0.0594 e. The van der Waals surface area contributed by atoms with Gasteiger partial charge in [-0.2, -0.15) is 0 Å². The first kappa shape index (κ1) is 22.7. The highest BCUT2D eigenvalue weighted by molar-refractivity contribution is 5.28. The van der Waals surface area contributed by atoms with Crippen LogP contribution in [0.15, 0.2) is 0 Å². The van der Waals surface area contributed by atoms with Gasteiger partial charge in [-0.05, 0) is 121 Å². The molecule has 2 spiro atoms. The second kappa shape index (κ2) is 7.23. The maximum absolute atomic E-state index is 10.8. The van der Waals surface area contributed by atoms with Crippen LogP contribution in [-0.4, -0.2) is 11.2 Å². The van der Waals surface area contributed by atoms with E-state index in [0.717, 1.165) is 47.8 Å². The summed E-state index contributed by atoms with van der Waals surface area (Å²) in [5.41, 5.74) is 2.02. The Morgan fingerprint density at radius 1 is 0.774 bits per heavy atom. The molecule has 1 nitrogen and oxygen atoms in total. The molecule has 0 aliphatic heterocycles. The molecule has 0 amide bonds. The van der Waals surface area contributed by atoms with E-state index in [2.05, 4.69) is 48.5 Å². The van der Waals surface area contributed by atoms with E-state index in [0.29, 0.717) is 16.2 Å². The first-order chi connectivity index (χ1) is 14.5. The fraction of sp³-hybridized carbons (Fsp3) is 1.00. The molecule has 0 saturated heterocycles. The molecular weight excluding hydrogens is 376 g/mol. The molecule has 0 heterocycles.